The third kappa shape index (κ3) is 14.0. The summed E-state index contributed by atoms with van der Waals surface area (Å²) in [6.45, 7) is 8.61. The number of alkyl halides is 1. The molecule has 0 aromatic heterocycles. The van der Waals surface area contributed by atoms with Crippen LogP contribution in [0.15, 0.2) is 36.0 Å². The van der Waals surface area contributed by atoms with Gasteiger partial charge >= 0.3 is 11.9 Å². The van der Waals surface area contributed by atoms with Crippen LogP contribution in [0.25, 0.3) is 0 Å². The number of ether oxygens (including phenoxy) is 2. The minimum absolute atomic E-state index is 0.191. The molecule has 0 heterocycles. The first-order valence-electron chi connectivity index (χ1n) is 5.59. The Kier molecular flexibility index (Phi) is 12.8. The van der Waals surface area contributed by atoms with Gasteiger partial charge in [0.1, 0.15) is 13.2 Å². The smallest absolute Gasteiger partial charge is 0.302 e. The fourth-order valence-electron chi connectivity index (χ4n) is 0.873. The van der Waals surface area contributed by atoms with E-state index in [0.29, 0.717) is 7.18 Å². The Labute approximate surface area is 113 Å². The van der Waals surface area contributed by atoms with E-state index in [1.165, 1.54) is 13.8 Å². The van der Waals surface area contributed by atoms with Crippen LogP contribution in [0.1, 0.15) is 20.8 Å². The molecule has 0 amide bonds. The van der Waals surface area contributed by atoms with Crippen molar-refractivity contribution in [2.45, 2.75) is 20.8 Å². The number of carbonyl (C=O) groups is 2. The molecule has 0 aliphatic rings. The summed E-state index contributed by atoms with van der Waals surface area (Å²) < 4.78 is 19.2. The molecule has 0 spiro atoms. The number of allylic oxidation sites excluding steroid dienone is 2. The lowest BCUT2D eigenvalue weighted by molar-refractivity contribution is -0.140. The molecule has 0 fully saturated rings. The highest BCUT2D eigenvalue weighted by Crippen LogP contribution is 2.01. The molecule has 0 radical (unpaired) electrons. The molecule has 0 saturated heterocycles. The zero-order valence-corrected chi connectivity index (χ0v) is 11.9. The van der Waals surface area contributed by atoms with E-state index in [-0.39, 0.29) is 25.2 Å². The normalized spacial score (nSPS) is 11.0. The first-order chi connectivity index (χ1) is 8.95. The molecule has 0 atom stereocenters. The van der Waals surface area contributed by atoms with Crippen LogP contribution < -0.4 is 0 Å². The zero-order valence-electron chi connectivity index (χ0n) is 11.9. The van der Waals surface area contributed by atoms with Crippen LogP contribution in [0.4, 0.5) is 4.39 Å². The minimum Gasteiger partial charge on any atom is -0.461 e. The van der Waals surface area contributed by atoms with E-state index in [9.17, 15) is 14.0 Å². The maximum Gasteiger partial charge on any atom is 0.302 e. The molecule has 0 unspecified atom stereocenters. The van der Waals surface area contributed by atoms with E-state index in [2.05, 4.69) is 6.58 Å². The summed E-state index contributed by atoms with van der Waals surface area (Å²) in [6, 6.07) is 0. The Bertz CT molecular complexity index is 356. The van der Waals surface area contributed by atoms with Gasteiger partial charge in [-0.05, 0) is 18.1 Å². The summed E-state index contributed by atoms with van der Waals surface area (Å²) in [6.07, 6.45) is 5.18. The Morgan fingerprint density at radius 2 is 1.47 bits per heavy atom. The number of halogens is 1. The van der Waals surface area contributed by atoms with Crippen LogP contribution in [0.2, 0.25) is 0 Å². The van der Waals surface area contributed by atoms with Gasteiger partial charge in [0.15, 0.2) is 0 Å². The third-order valence-corrected chi connectivity index (χ3v) is 1.79. The van der Waals surface area contributed by atoms with Crippen LogP contribution in [0.3, 0.4) is 0 Å². The van der Waals surface area contributed by atoms with Gasteiger partial charge in [-0.25, -0.2) is 0 Å². The molecule has 19 heavy (non-hydrogen) atoms. The van der Waals surface area contributed by atoms with Crippen LogP contribution in [-0.2, 0) is 19.1 Å². The lowest BCUT2D eigenvalue weighted by Crippen LogP contribution is -2.02. The van der Waals surface area contributed by atoms with Crippen LogP contribution in [0.5, 0.6) is 0 Å². The van der Waals surface area contributed by atoms with Gasteiger partial charge in [0.25, 0.3) is 0 Å². The first-order valence-corrected chi connectivity index (χ1v) is 5.59. The van der Waals surface area contributed by atoms with Gasteiger partial charge in [-0.1, -0.05) is 24.8 Å². The van der Waals surface area contributed by atoms with Crippen molar-refractivity contribution in [3.8, 4) is 0 Å². The Balaban J connectivity index is 0. The fourth-order valence-corrected chi connectivity index (χ4v) is 0.873. The lowest BCUT2D eigenvalue weighted by atomic mass is 10.2. The van der Waals surface area contributed by atoms with E-state index >= 15 is 0 Å². The summed E-state index contributed by atoms with van der Waals surface area (Å²) in [5.41, 5.74) is 1.67. The monoisotopic (exact) mass is 272 g/mol. The predicted molar refractivity (Wildman–Crippen MR) is 72.3 cm³/mol. The average molecular weight is 272 g/mol. The van der Waals surface area contributed by atoms with Gasteiger partial charge < -0.3 is 9.47 Å². The summed E-state index contributed by atoms with van der Waals surface area (Å²) in [5, 5.41) is 0. The van der Waals surface area contributed by atoms with Crippen molar-refractivity contribution < 1.29 is 23.5 Å². The highest BCUT2D eigenvalue weighted by molar-refractivity contribution is 5.66. The van der Waals surface area contributed by atoms with E-state index in [4.69, 9.17) is 9.47 Å². The van der Waals surface area contributed by atoms with Gasteiger partial charge in [0.2, 0.25) is 0 Å². The Morgan fingerprint density at radius 1 is 1.00 bits per heavy atom. The number of esters is 2. The second-order valence-corrected chi connectivity index (χ2v) is 3.52. The van der Waals surface area contributed by atoms with E-state index < -0.39 is 0 Å². The van der Waals surface area contributed by atoms with Gasteiger partial charge in [-0.15, -0.1) is 0 Å². The fraction of sp³-hybridized carbons (Fsp3) is 0.429. The number of carbonyl (C=O) groups excluding carboxylic acids is 2. The van der Waals surface area contributed by atoms with Gasteiger partial charge in [-0.2, -0.15) is 0 Å². The molecule has 0 rings (SSSR count). The number of rotatable bonds is 6. The number of hydrogen-bond donors (Lipinski definition) is 0. The second-order valence-electron chi connectivity index (χ2n) is 3.52. The molecule has 108 valence electrons. The third-order valence-electron chi connectivity index (χ3n) is 1.79. The van der Waals surface area contributed by atoms with Crippen molar-refractivity contribution in [2.24, 2.45) is 0 Å². The molecule has 0 N–H and O–H groups in total. The van der Waals surface area contributed by atoms with Crippen molar-refractivity contribution in [1.82, 2.24) is 0 Å². The van der Waals surface area contributed by atoms with Crippen molar-refractivity contribution in [3.63, 3.8) is 0 Å². The largest absolute Gasteiger partial charge is 0.461 e. The molecule has 0 saturated carbocycles. The van der Waals surface area contributed by atoms with Gasteiger partial charge in [0.05, 0.1) is 7.18 Å². The predicted octanol–water partition coefficient (Wildman–Crippen LogP) is 2.76. The quantitative estimate of drug-likeness (QED) is 0.551. The molecule has 0 aliphatic carbocycles. The molecule has 0 aromatic rings. The summed E-state index contributed by atoms with van der Waals surface area (Å²) in [5.74, 6) is -0.649. The van der Waals surface area contributed by atoms with Gasteiger partial charge in [-0.3, -0.25) is 14.0 Å². The van der Waals surface area contributed by atoms with E-state index in [1.54, 1.807) is 18.2 Å². The number of hydrogen-bond acceptors (Lipinski definition) is 4. The summed E-state index contributed by atoms with van der Waals surface area (Å²) >= 11 is 0. The molecule has 0 aliphatic heterocycles. The van der Waals surface area contributed by atoms with E-state index in [0.717, 1.165) is 11.1 Å². The van der Waals surface area contributed by atoms with E-state index in [1.807, 2.05) is 6.92 Å². The van der Waals surface area contributed by atoms with Crippen molar-refractivity contribution in [2.75, 3.05) is 20.4 Å². The molecule has 5 heteroatoms. The zero-order chi connectivity index (χ0) is 15.3. The highest BCUT2D eigenvalue weighted by atomic mass is 19.1. The molecule has 0 aromatic carbocycles. The second kappa shape index (κ2) is 12.5. The van der Waals surface area contributed by atoms with Crippen molar-refractivity contribution in [3.05, 3.63) is 36.0 Å². The Morgan fingerprint density at radius 3 is 1.89 bits per heavy atom. The molecule has 0 bridgehead atoms. The maximum absolute atomic E-state index is 10.6. The standard InChI is InChI=1S/C13H18O4.CH3F/c1-5-13(9-17-12(4)15)7-6-10(2)8-16-11(3)14;1-2/h5-7H,1,8-9H2,2-4H3;1H3/b10-6+,13-7+;. The molecule has 4 nitrogen and oxygen atoms in total. The van der Waals surface area contributed by atoms with Crippen LogP contribution in [0, 0.1) is 0 Å². The average Bonchev–Trinajstić information content (AvgIpc) is 2.38. The van der Waals surface area contributed by atoms with Crippen LogP contribution in [-0.4, -0.2) is 32.3 Å². The maximum atomic E-state index is 10.6. The lowest BCUT2D eigenvalue weighted by Gasteiger charge is -2.03. The topological polar surface area (TPSA) is 52.6 Å². The van der Waals surface area contributed by atoms with Crippen molar-refractivity contribution >= 4 is 11.9 Å². The summed E-state index contributed by atoms with van der Waals surface area (Å²) in [4.78, 5) is 21.2. The highest BCUT2D eigenvalue weighted by Gasteiger charge is 1.96. The Hall–Kier alpha value is -1.91. The van der Waals surface area contributed by atoms with Crippen molar-refractivity contribution in [1.29, 1.82) is 0 Å². The van der Waals surface area contributed by atoms with Crippen LogP contribution >= 0.6 is 0 Å². The first kappa shape index (κ1) is 19.4. The SMILES string of the molecule is C=C/C(=C\C=C(/C)COC(C)=O)COC(C)=O.CF. The molecular formula is C14H21FO4. The molecular weight excluding hydrogens is 251 g/mol. The minimum atomic E-state index is -0.335. The van der Waals surface area contributed by atoms with Gasteiger partial charge in [0, 0.05) is 13.8 Å². The summed E-state index contributed by atoms with van der Waals surface area (Å²) in [7, 11) is 0.500.